The SMILES string of the molecule is CCC12[Si](C)(C)[Si](C)(C)C(F)([Si](C)(C)[Si]1(C)C)[Si](C)(C)[Si]2(C)C. The first kappa shape index (κ1) is 20.5. The Bertz CT molecular complexity index is 475. The second-order valence-corrected chi connectivity index (χ2v) is 61.3. The van der Waals surface area contributed by atoms with Crippen LogP contribution in [0.25, 0.3) is 0 Å². The molecule has 23 heavy (non-hydrogen) atoms. The highest BCUT2D eigenvalue weighted by molar-refractivity contribution is 7.77. The molecular weight excluding hydrogens is 380 g/mol. The zero-order valence-electron chi connectivity index (χ0n) is 18.1. The minimum absolute atomic E-state index is 0.648. The van der Waals surface area contributed by atoms with Crippen LogP contribution < -0.4 is 0 Å². The van der Waals surface area contributed by atoms with Crippen molar-refractivity contribution in [2.75, 3.05) is 0 Å². The van der Waals surface area contributed by atoms with E-state index >= 15 is 4.39 Å². The van der Waals surface area contributed by atoms with Crippen LogP contribution in [0.5, 0.6) is 0 Å². The maximum Gasteiger partial charge on any atom is 0.0770 e. The Hall–Kier alpha value is 1.23. The summed E-state index contributed by atoms with van der Waals surface area (Å²) >= 11 is 0. The highest BCUT2D eigenvalue weighted by Gasteiger charge is 2.92. The lowest BCUT2D eigenvalue weighted by atomic mass is 10.5. The lowest BCUT2D eigenvalue weighted by Gasteiger charge is -2.86. The maximum atomic E-state index is 17.8. The Morgan fingerprint density at radius 1 is 0.522 bits per heavy atom. The van der Waals surface area contributed by atoms with Gasteiger partial charge in [0.05, 0.1) is 27.3 Å². The normalized spacial score (nSPS) is 44.1. The highest BCUT2D eigenvalue weighted by atomic mass is 29.4. The largest absolute Gasteiger partial charge is 0.256 e. The first-order chi connectivity index (χ1) is 9.81. The van der Waals surface area contributed by atoms with Gasteiger partial charge in [-0.3, -0.25) is 4.39 Å². The summed E-state index contributed by atoms with van der Waals surface area (Å²) in [7, 11) is -10.5. The Balaban J connectivity index is 3.15. The van der Waals surface area contributed by atoms with Gasteiger partial charge in [0.2, 0.25) is 0 Å². The van der Waals surface area contributed by atoms with Crippen molar-refractivity contribution in [1.82, 2.24) is 0 Å². The summed E-state index contributed by atoms with van der Waals surface area (Å²) in [6.45, 7) is 33.6. The van der Waals surface area contributed by atoms with Crippen LogP contribution in [0, 0.1) is 0 Å². The summed E-state index contributed by atoms with van der Waals surface area (Å²) in [4.78, 5) is 0. The lowest BCUT2D eigenvalue weighted by molar-refractivity contribution is 0.455. The van der Waals surface area contributed by atoms with Crippen LogP contribution in [0.1, 0.15) is 13.3 Å². The molecule has 0 spiro atoms. The van der Waals surface area contributed by atoms with Gasteiger partial charge in [0.1, 0.15) is 0 Å². The molecule has 0 radical (unpaired) electrons. The minimum Gasteiger partial charge on any atom is -0.256 e. The molecule has 3 rings (SSSR count). The van der Waals surface area contributed by atoms with Crippen molar-refractivity contribution in [2.24, 2.45) is 0 Å². The molecule has 0 atom stereocenters. The second kappa shape index (κ2) is 4.55. The Morgan fingerprint density at radius 3 is 0.913 bits per heavy atom. The van der Waals surface area contributed by atoms with Gasteiger partial charge < -0.3 is 0 Å². The van der Waals surface area contributed by atoms with E-state index < -0.39 is 50.1 Å². The summed E-state index contributed by atoms with van der Waals surface area (Å²) < 4.78 is 17.8. The molecule has 3 aliphatic rings. The number of hydrogen-bond acceptors (Lipinski definition) is 0. The van der Waals surface area contributed by atoms with Crippen LogP contribution in [0.15, 0.2) is 0 Å². The first-order valence-electron chi connectivity index (χ1n) is 9.50. The van der Waals surface area contributed by atoms with Crippen LogP contribution in [0.3, 0.4) is 0 Å². The summed E-state index contributed by atoms with van der Waals surface area (Å²) in [6, 6.07) is 0. The Labute approximate surface area is 150 Å². The summed E-state index contributed by atoms with van der Waals surface area (Å²) in [5.41, 5.74) is 0. The zero-order chi connectivity index (χ0) is 18.7. The van der Waals surface area contributed by atoms with Crippen LogP contribution in [0.4, 0.5) is 4.39 Å². The number of fused-ring (bicyclic) bond motifs is 3. The third kappa shape index (κ3) is 1.44. The minimum atomic E-state index is -1.90. The van der Waals surface area contributed by atoms with Gasteiger partial charge in [-0.25, -0.2) is 0 Å². The third-order valence-electron chi connectivity index (χ3n) is 11.0. The monoisotopic (exact) mass is 420 g/mol. The standard InChI is InChI=1S/C16H41FSi6/c1-14-15-18(2,3)21(8,9)16(17,22(10,11)19(15,4)5)23(12,13)20(15,6)7/h14H2,1-13H3. The quantitative estimate of drug-likeness (QED) is 0.452. The number of hydrogen-bond donors (Lipinski definition) is 0. The predicted molar refractivity (Wildman–Crippen MR) is 122 cm³/mol. The van der Waals surface area contributed by atoms with Crippen molar-refractivity contribution in [3.8, 4) is 0 Å². The van der Waals surface area contributed by atoms with Gasteiger partial charge in [-0.2, -0.15) is 0 Å². The number of halogens is 1. The van der Waals surface area contributed by atoms with E-state index in [4.69, 9.17) is 0 Å². The van der Waals surface area contributed by atoms with Gasteiger partial charge in [0, 0.05) is 22.8 Å². The van der Waals surface area contributed by atoms with Crippen molar-refractivity contribution in [2.45, 2.75) is 101 Å². The predicted octanol–water partition coefficient (Wildman–Crippen LogP) is 6.05. The molecule has 0 amide bonds. The number of alkyl halides is 1. The molecule has 0 unspecified atom stereocenters. The topological polar surface area (TPSA) is 0 Å². The van der Waals surface area contributed by atoms with Crippen molar-refractivity contribution in [3.63, 3.8) is 0 Å². The zero-order valence-corrected chi connectivity index (χ0v) is 24.1. The van der Waals surface area contributed by atoms with E-state index in [1.807, 2.05) is 0 Å². The summed E-state index contributed by atoms with van der Waals surface area (Å²) in [5, 5.41) is 0. The molecule has 3 aliphatic heterocycles. The smallest absolute Gasteiger partial charge is 0.0770 e. The van der Waals surface area contributed by atoms with Crippen LogP contribution in [-0.4, -0.2) is 50.1 Å². The third-order valence-corrected chi connectivity index (χ3v) is 99.6. The van der Waals surface area contributed by atoms with Gasteiger partial charge in [-0.15, -0.1) is 0 Å². The molecule has 0 aliphatic carbocycles. The van der Waals surface area contributed by atoms with E-state index in [1.54, 1.807) is 0 Å². The lowest BCUT2D eigenvalue weighted by Crippen LogP contribution is -3.08. The van der Waals surface area contributed by atoms with E-state index in [0.717, 1.165) is 0 Å². The Kier molecular flexibility index (Phi) is 4.06. The van der Waals surface area contributed by atoms with E-state index in [-0.39, 0.29) is 0 Å². The summed E-state index contributed by atoms with van der Waals surface area (Å²) in [5.74, 6) is 0. The average Bonchev–Trinajstić information content (AvgIpc) is 2.34. The maximum absolute atomic E-state index is 17.8. The molecule has 0 N–H and O–H groups in total. The molecule has 0 aromatic rings. The van der Waals surface area contributed by atoms with Crippen molar-refractivity contribution >= 4 is 45.5 Å². The van der Waals surface area contributed by atoms with E-state index in [0.29, 0.717) is 4.28 Å². The van der Waals surface area contributed by atoms with E-state index in [2.05, 4.69) is 85.5 Å². The second-order valence-electron chi connectivity index (χ2n) is 11.7. The molecular formula is C16H41FSi6. The first-order valence-corrected chi connectivity index (χ1v) is 30.5. The molecule has 136 valence electrons. The van der Waals surface area contributed by atoms with Crippen molar-refractivity contribution in [3.05, 3.63) is 0 Å². The summed E-state index contributed by atoms with van der Waals surface area (Å²) in [6.07, 6.45) is 1.38. The van der Waals surface area contributed by atoms with Crippen LogP contribution in [0.2, 0.25) is 82.8 Å². The molecule has 3 saturated heterocycles. The average molecular weight is 421 g/mol. The van der Waals surface area contributed by atoms with Gasteiger partial charge in [-0.05, 0) is 4.28 Å². The molecule has 3 fully saturated rings. The van der Waals surface area contributed by atoms with Crippen LogP contribution >= 0.6 is 0 Å². The fourth-order valence-corrected chi connectivity index (χ4v) is 148. The van der Waals surface area contributed by atoms with Crippen molar-refractivity contribution < 1.29 is 4.39 Å². The fraction of sp³-hybridized carbons (Fsp3) is 1.00. The highest BCUT2D eigenvalue weighted by Crippen LogP contribution is 2.75. The van der Waals surface area contributed by atoms with Gasteiger partial charge in [0.15, 0.2) is 0 Å². The molecule has 3 heterocycles. The van der Waals surface area contributed by atoms with E-state index in [1.165, 1.54) is 6.42 Å². The molecule has 7 heteroatoms. The van der Waals surface area contributed by atoms with Gasteiger partial charge in [0.25, 0.3) is 0 Å². The van der Waals surface area contributed by atoms with Crippen molar-refractivity contribution in [1.29, 1.82) is 0 Å². The molecule has 2 bridgehead atoms. The Morgan fingerprint density at radius 2 is 0.739 bits per heavy atom. The van der Waals surface area contributed by atoms with E-state index in [9.17, 15) is 0 Å². The fourth-order valence-electron chi connectivity index (χ4n) is 8.91. The molecule has 0 aromatic heterocycles. The number of rotatable bonds is 1. The van der Waals surface area contributed by atoms with Crippen LogP contribution in [-0.2, 0) is 0 Å². The molecule has 0 saturated carbocycles. The van der Waals surface area contributed by atoms with Gasteiger partial charge >= 0.3 is 0 Å². The molecule has 0 aromatic carbocycles. The van der Waals surface area contributed by atoms with Gasteiger partial charge in [-0.1, -0.05) is 91.9 Å². The molecule has 0 nitrogen and oxygen atoms in total.